The van der Waals surface area contributed by atoms with Crippen molar-refractivity contribution in [2.75, 3.05) is 39.7 Å². The Labute approximate surface area is 216 Å². The van der Waals surface area contributed by atoms with Gasteiger partial charge in [-0.2, -0.15) is 0 Å². The second kappa shape index (κ2) is 13.7. The van der Waals surface area contributed by atoms with Gasteiger partial charge in [0.1, 0.15) is 5.76 Å². The first-order valence-corrected chi connectivity index (χ1v) is 13.1. The zero-order valence-corrected chi connectivity index (χ0v) is 22.3. The zero-order valence-electron chi connectivity index (χ0n) is 21.5. The molecule has 36 heavy (non-hydrogen) atoms. The number of carbonyl (C=O) groups excluding carboxylic acids is 1. The molecule has 1 amide bonds. The molecule has 1 heterocycles. The number of hydrogen-bond donors (Lipinski definition) is 1. The van der Waals surface area contributed by atoms with E-state index < -0.39 is 0 Å². The van der Waals surface area contributed by atoms with Gasteiger partial charge in [-0.05, 0) is 63.1 Å². The van der Waals surface area contributed by atoms with E-state index in [1.807, 2.05) is 57.2 Å². The maximum atomic E-state index is 12.3. The summed E-state index contributed by atoms with van der Waals surface area (Å²) in [6.07, 6.45) is 0.708. The summed E-state index contributed by atoms with van der Waals surface area (Å²) < 4.78 is 27.8. The monoisotopic (exact) mass is 514 g/mol. The minimum Gasteiger partial charge on any atom is -0.493 e. The number of oxazole rings is 1. The molecule has 2 aromatic carbocycles. The quantitative estimate of drug-likeness (QED) is 0.319. The molecule has 1 aromatic heterocycles. The molecule has 0 bridgehead atoms. The molecule has 0 aliphatic rings. The van der Waals surface area contributed by atoms with Crippen molar-refractivity contribution < 1.29 is 28.2 Å². The van der Waals surface area contributed by atoms with E-state index in [2.05, 4.69) is 10.3 Å². The van der Waals surface area contributed by atoms with Crippen LogP contribution < -0.4 is 24.3 Å². The molecular weight excluding hydrogens is 480 g/mol. The number of aromatic nitrogens is 1. The van der Waals surface area contributed by atoms with Gasteiger partial charge in [0, 0.05) is 17.9 Å². The summed E-state index contributed by atoms with van der Waals surface area (Å²) in [5, 5.41) is 2.98. The number of amides is 1. The average Bonchev–Trinajstić information content (AvgIpc) is 3.25. The molecule has 8 nitrogen and oxygen atoms in total. The molecule has 0 unspecified atom stereocenters. The molecular formula is C27H34N2O6S. The molecule has 194 valence electrons. The molecule has 0 spiro atoms. The van der Waals surface area contributed by atoms with Gasteiger partial charge in [0.2, 0.25) is 11.8 Å². The fraction of sp³-hybridized carbons (Fsp3) is 0.407. The van der Waals surface area contributed by atoms with Crippen LogP contribution in [0, 0.1) is 6.92 Å². The van der Waals surface area contributed by atoms with Crippen LogP contribution in [0.15, 0.2) is 40.8 Å². The molecule has 3 aromatic rings. The summed E-state index contributed by atoms with van der Waals surface area (Å²) in [5.74, 6) is 4.86. The van der Waals surface area contributed by atoms with Crippen LogP contribution in [-0.4, -0.2) is 50.6 Å². The predicted octanol–water partition coefficient (Wildman–Crippen LogP) is 5.06. The van der Waals surface area contributed by atoms with Crippen molar-refractivity contribution in [1.29, 1.82) is 0 Å². The first kappa shape index (κ1) is 27.3. The summed E-state index contributed by atoms with van der Waals surface area (Å²) in [5.41, 5.74) is 2.69. The van der Waals surface area contributed by atoms with E-state index in [4.69, 9.17) is 23.4 Å². The van der Waals surface area contributed by atoms with Gasteiger partial charge in [-0.25, -0.2) is 4.98 Å². The van der Waals surface area contributed by atoms with Crippen LogP contribution in [0.2, 0.25) is 0 Å². The number of nitrogens with one attached hydrogen (secondary N) is 1. The Bertz CT molecular complexity index is 1150. The fourth-order valence-corrected chi connectivity index (χ4v) is 4.39. The highest BCUT2D eigenvalue weighted by Crippen LogP contribution is 2.33. The van der Waals surface area contributed by atoms with E-state index >= 15 is 0 Å². The third-order valence-electron chi connectivity index (χ3n) is 5.34. The van der Waals surface area contributed by atoms with Crippen molar-refractivity contribution in [3.8, 4) is 34.5 Å². The Balaban J connectivity index is 1.47. The lowest BCUT2D eigenvalue weighted by Crippen LogP contribution is -2.27. The molecule has 9 heteroatoms. The number of benzene rings is 2. The topological polar surface area (TPSA) is 92.1 Å². The molecule has 0 aliphatic heterocycles. The van der Waals surface area contributed by atoms with Gasteiger partial charge in [-0.15, -0.1) is 11.8 Å². The molecule has 0 radical (unpaired) electrons. The van der Waals surface area contributed by atoms with E-state index in [0.29, 0.717) is 55.1 Å². The first-order valence-electron chi connectivity index (χ1n) is 11.9. The zero-order chi connectivity index (χ0) is 25.9. The summed E-state index contributed by atoms with van der Waals surface area (Å²) in [6, 6.07) is 11.4. The first-order chi connectivity index (χ1) is 17.5. The average molecular weight is 515 g/mol. The highest BCUT2D eigenvalue weighted by Gasteiger charge is 2.15. The van der Waals surface area contributed by atoms with Crippen LogP contribution in [0.5, 0.6) is 23.0 Å². The van der Waals surface area contributed by atoms with Crippen molar-refractivity contribution in [3.05, 3.63) is 53.4 Å². The molecule has 0 atom stereocenters. The molecule has 0 saturated heterocycles. The lowest BCUT2D eigenvalue weighted by molar-refractivity contribution is -0.118. The maximum Gasteiger partial charge on any atom is 0.230 e. The largest absolute Gasteiger partial charge is 0.493 e. The van der Waals surface area contributed by atoms with Crippen LogP contribution in [0.25, 0.3) is 11.5 Å². The van der Waals surface area contributed by atoms with Gasteiger partial charge in [0.25, 0.3) is 0 Å². The molecule has 3 rings (SSSR count). The number of thioether (sulfide) groups is 1. The smallest absolute Gasteiger partial charge is 0.230 e. The van der Waals surface area contributed by atoms with Gasteiger partial charge >= 0.3 is 0 Å². The van der Waals surface area contributed by atoms with Crippen LogP contribution in [0.1, 0.15) is 30.9 Å². The van der Waals surface area contributed by atoms with E-state index in [1.54, 1.807) is 14.2 Å². The number of aryl methyl sites for hydroxylation is 1. The third kappa shape index (κ3) is 7.34. The molecule has 0 saturated carbocycles. The van der Waals surface area contributed by atoms with E-state index in [-0.39, 0.29) is 5.91 Å². The Kier molecular flexibility index (Phi) is 10.4. The Morgan fingerprint density at radius 1 is 0.972 bits per heavy atom. The summed E-state index contributed by atoms with van der Waals surface area (Å²) in [7, 11) is 3.18. The number of hydrogen-bond acceptors (Lipinski definition) is 8. The van der Waals surface area contributed by atoms with Gasteiger partial charge in [-0.1, -0.05) is 6.07 Å². The second-order valence-corrected chi connectivity index (χ2v) is 8.82. The maximum absolute atomic E-state index is 12.3. The molecule has 0 aliphatic carbocycles. The number of rotatable bonds is 14. The Hall–Kier alpha value is -3.33. The van der Waals surface area contributed by atoms with Crippen LogP contribution >= 0.6 is 11.8 Å². The predicted molar refractivity (Wildman–Crippen MR) is 141 cm³/mol. The normalized spacial score (nSPS) is 10.7. The van der Waals surface area contributed by atoms with Crippen molar-refractivity contribution in [1.82, 2.24) is 10.3 Å². The van der Waals surface area contributed by atoms with Crippen LogP contribution in [0.3, 0.4) is 0 Å². The van der Waals surface area contributed by atoms with Crippen molar-refractivity contribution in [3.63, 3.8) is 0 Å². The SMILES string of the molecule is CCOc1ccc(CCNC(=O)CSCc2nc(-c3ccc(OC)c(OC)c3)oc2C)cc1OCC. The highest BCUT2D eigenvalue weighted by atomic mass is 32.2. The molecule has 0 fully saturated rings. The third-order valence-corrected chi connectivity index (χ3v) is 6.28. The second-order valence-electron chi connectivity index (χ2n) is 7.83. The Morgan fingerprint density at radius 2 is 1.69 bits per heavy atom. The van der Waals surface area contributed by atoms with Crippen molar-refractivity contribution in [2.45, 2.75) is 32.9 Å². The minimum absolute atomic E-state index is 0.0165. The lowest BCUT2D eigenvalue weighted by atomic mass is 10.1. The van der Waals surface area contributed by atoms with Gasteiger partial charge in [-0.3, -0.25) is 4.79 Å². The van der Waals surface area contributed by atoms with Gasteiger partial charge in [0.15, 0.2) is 23.0 Å². The lowest BCUT2D eigenvalue weighted by Gasteiger charge is -2.12. The van der Waals surface area contributed by atoms with Gasteiger partial charge in [0.05, 0.1) is 38.9 Å². The van der Waals surface area contributed by atoms with Crippen molar-refractivity contribution in [2.24, 2.45) is 0 Å². The summed E-state index contributed by atoms with van der Waals surface area (Å²) in [6.45, 7) is 7.46. The van der Waals surface area contributed by atoms with E-state index in [9.17, 15) is 4.79 Å². The molecule has 1 N–H and O–H groups in total. The van der Waals surface area contributed by atoms with Crippen molar-refractivity contribution >= 4 is 17.7 Å². The number of carbonyl (C=O) groups is 1. The summed E-state index contributed by atoms with van der Waals surface area (Å²) in [4.78, 5) is 16.9. The van der Waals surface area contributed by atoms with Crippen LogP contribution in [0.4, 0.5) is 0 Å². The fourth-order valence-electron chi connectivity index (χ4n) is 3.54. The van der Waals surface area contributed by atoms with Crippen LogP contribution in [-0.2, 0) is 17.0 Å². The minimum atomic E-state index is -0.0165. The van der Waals surface area contributed by atoms with E-state index in [1.165, 1.54) is 11.8 Å². The Morgan fingerprint density at radius 3 is 2.42 bits per heavy atom. The number of methoxy groups -OCH3 is 2. The number of nitrogens with zero attached hydrogens (tertiary/aromatic N) is 1. The standard InChI is InChI=1S/C27H34N2O6S/c1-6-33-23-10-8-19(14-25(23)34-7-2)12-13-28-26(30)17-36-16-21-18(3)35-27(29-21)20-9-11-22(31-4)24(15-20)32-5/h8-11,14-15H,6-7,12-13,16-17H2,1-5H3,(H,28,30). The van der Waals surface area contributed by atoms with E-state index in [0.717, 1.165) is 34.1 Å². The number of ether oxygens (including phenoxy) is 4. The highest BCUT2D eigenvalue weighted by molar-refractivity contribution is 7.99. The van der Waals surface area contributed by atoms with Gasteiger partial charge < -0.3 is 28.7 Å². The summed E-state index contributed by atoms with van der Waals surface area (Å²) >= 11 is 1.50.